The first-order valence-corrected chi connectivity index (χ1v) is 5.09. The Morgan fingerprint density at radius 3 is 3.14 bits per heavy atom. The molecule has 3 N–H and O–H groups in total. The van der Waals surface area contributed by atoms with E-state index in [1.54, 1.807) is 24.3 Å². The smallest absolute Gasteiger partial charge is 0.216 e. The van der Waals surface area contributed by atoms with Gasteiger partial charge in [0.2, 0.25) is 11.1 Å². The average Bonchev–Trinajstić information content (AvgIpc) is 2.77. The van der Waals surface area contributed by atoms with Crippen LogP contribution in [0, 0.1) is 0 Å². The monoisotopic (exact) mass is 210 g/mol. The van der Waals surface area contributed by atoms with Crippen LogP contribution in [0.4, 0.5) is 5.95 Å². The molecular formula is C7H10N6S. The highest BCUT2D eigenvalue weighted by atomic mass is 32.2. The molecule has 2 rings (SSSR count). The van der Waals surface area contributed by atoms with Crippen molar-refractivity contribution in [3.05, 3.63) is 18.7 Å². The number of aromatic nitrogens is 5. The average molecular weight is 210 g/mol. The highest BCUT2D eigenvalue weighted by Gasteiger charge is 2.00. The molecule has 2 aromatic heterocycles. The summed E-state index contributed by atoms with van der Waals surface area (Å²) in [6.45, 7) is 0.888. The number of nitrogens with two attached hydrogens (primary N) is 1. The van der Waals surface area contributed by atoms with Crippen molar-refractivity contribution < 1.29 is 0 Å². The number of nitrogen functional groups attached to an aromatic ring is 1. The number of H-pyrrole nitrogens is 1. The van der Waals surface area contributed by atoms with Crippen LogP contribution in [0.3, 0.4) is 0 Å². The van der Waals surface area contributed by atoms with E-state index in [4.69, 9.17) is 5.73 Å². The Balaban J connectivity index is 1.78. The van der Waals surface area contributed by atoms with E-state index < -0.39 is 0 Å². The standard InChI is InChI=1S/C7H10N6S/c8-6-10-7(12-11-6)14-4-3-13-2-1-9-5-13/h1-2,5H,3-4H2,(H3,8,10,11,12). The number of aromatic amines is 1. The van der Waals surface area contributed by atoms with Gasteiger partial charge in [-0.3, -0.25) is 0 Å². The van der Waals surface area contributed by atoms with E-state index in [0.717, 1.165) is 12.3 Å². The highest BCUT2D eigenvalue weighted by molar-refractivity contribution is 7.99. The molecule has 2 aromatic rings. The van der Waals surface area contributed by atoms with Gasteiger partial charge in [-0.1, -0.05) is 11.8 Å². The lowest BCUT2D eigenvalue weighted by Crippen LogP contribution is -1.97. The van der Waals surface area contributed by atoms with Gasteiger partial charge in [-0.15, -0.1) is 5.10 Å². The summed E-state index contributed by atoms with van der Waals surface area (Å²) in [6.07, 6.45) is 5.47. The normalized spacial score (nSPS) is 10.6. The second-order valence-corrected chi connectivity index (χ2v) is 3.71. The summed E-state index contributed by atoms with van der Waals surface area (Å²) < 4.78 is 2.00. The summed E-state index contributed by atoms with van der Waals surface area (Å²) in [7, 11) is 0. The number of anilines is 1. The molecular weight excluding hydrogens is 200 g/mol. The van der Waals surface area contributed by atoms with Crippen LogP contribution in [0.2, 0.25) is 0 Å². The topological polar surface area (TPSA) is 85.4 Å². The van der Waals surface area contributed by atoms with Crippen molar-refractivity contribution in [1.82, 2.24) is 24.7 Å². The molecule has 0 aromatic carbocycles. The fourth-order valence-corrected chi connectivity index (χ4v) is 1.74. The van der Waals surface area contributed by atoms with Crippen molar-refractivity contribution in [2.24, 2.45) is 0 Å². The number of rotatable bonds is 4. The molecule has 7 heteroatoms. The predicted octanol–water partition coefficient (Wildman–Crippen LogP) is 0.376. The molecule has 0 saturated carbocycles. The van der Waals surface area contributed by atoms with Gasteiger partial charge in [0.1, 0.15) is 0 Å². The zero-order chi connectivity index (χ0) is 9.80. The van der Waals surface area contributed by atoms with Gasteiger partial charge in [0, 0.05) is 24.7 Å². The van der Waals surface area contributed by atoms with Crippen molar-refractivity contribution in [3.8, 4) is 0 Å². The Morgan fingerprint density at radius 1 is 1.57 bits per heavy atom. The number of hydrogen-bond donors (Lipinski definition) is 2. The van der Waals surface area contributed by atoms with Gasteiger partial charge in [-0.2, -0.15) is 4.98 Å². The van der Waals surface area contributed by atoms with Crippen LogP contribution in [0.15, 0.2) is 23.9 Å². The molecule has 0 unspecified atom stereocenters. The Bertz CT molecular complexity index is 381. The minimum atomic E-state index is 0.357. The van der Waals surface area contributed by atoms with Crippen LogP contribution >= 0.6 is 11.8 Å². The van der Waals surface area contributed by atoms with Gasteiger partial charge in [-0.05, 0) is 0 Å². The third-order valence-electron chi connectivity index (χ3n) is 1.62. The first-order chi connectivity index (χ1) is 6.84. The van der Waals surface area contributed by atoms with Crippen molar-refractivity contribution >= 4 is 17.7 Å². The zero-order valence-electron chi connectivity index (χ0n) is 7.42. The molecule has 0 spiro atoms. The molecule has 74 valence electrons. The summed E-state index contributed by atoms with van der Waals surface area (Å²) in [4.78, 5) is 7.93. The minimum Gasteiger partial charge on any atom is -0.368 e. The maximum atomic E-state index is 5.39. The van der Waals surface area contributed by atoms with Crippen molar-refractivity contribution in [3.63, 3.8) is 0 Å². The first kappa shape index (κ1) is 9.07. The van der Waals surface area contributed by atoms with Crippen molar-refractivity contribution in [1.29, 1.82) is 0 Å². The summed E-state index contributed by atoms with van der Waals surface area (Å²) in [5.41, 5.74) is 5.39. The molecule has 0 aliphatic rings. The minimum absolute atomic E-state index is 0.357. The quantitative estimate of drug-likeness (QED) is 0.712. The van der Waals surface area contributed by atoms with E-state index in [0.29, 0.717) is 11.1 Å². The maximum Gasteiger partial charge on any atom is 0.216 e. The molecule has 0 saturated heterocycles. The van der Waals surface area contributed by atoms with Gasteiger partial charge in [0.05, 0.1) is 6.33 Å². The molecule has 0 radical (unpaired) electrons. The third kappa shape index (κ3) is 2.25. The van der Waals surface area contributed by atoms with Gasteiger partial charge >= 0.3 is 0 Å². The lowest BCUT2D eigenvalue weighted by molar-refractivity contribution is 0.769. The number of thioether (sulfide) groups is 1. The third-order valence-corrected chi connectivity index (χ3v) is 2.45. The van der Waals surface area contributed by atoms with Gasteiger partial charge in [-0.25, -0.2) is 10.1 Å². The van der Waals surface area contributed by atoms with Crippen LogP contribution in [-0.2, 0) is 6.54 Å². The van der Waals surface area contributed by atoms with Crippen LogP contribution in [0.1, 0.15) is 0 Å². The van der Waals surface area contributed by atoms with Gasteiger partial charge in [0.25, 0.3) is 0 Å². The highest BCUT2D eigenvalue weighted by Crippen LogP contribution is 2.12. The van der Waals surface area contributed by atoms with E-state index in [-0.39, 0.29) is 0 Å². The lowest BCUT2D eigenvalue weighted by Gasteiger charge is -1.98. The van der Waals surface area contributed by atoms with Crippen LogP contribution in [0.25, 0.3) is 0 Å². The number of nitrogens with one attached hydrogen (secondary N) is 1. The van der Waals surface area contributed by atoms with Crippen LogP contribution < -0.4 is 5.73 Å². The Kier molecular flexibility index (Phi) is 2.68. The molecule has 0 fully saturated rings. The van der Waals surface area contributed by atoms with Crippen LogP contribution in [-0.4, -0.2) is 30.5 Å². The largest absolute Gasteiger partial charge is 0.368 e. The lowest BCUT2D eigenvalue weighted by atomic mass is 10.7. The second-order valence-electron chi connectivity index (χ2n) is 2.65. The number of hydrogen-bond acceptors (Lipinski definition) is 5. The fraction of sp³-hybridized carbons (Fsp3) is 0.286. The SMILES string of the molecule is Nc1nc(SCCn2ccnc2)n[nH]1. The number of nitrogens with zero attached hydrogens (tertiary/aromatic N) is 4. The molecule has 2 heterocycles. The molecule has 0 aliphatic heterocycles. The van der Waals surface area contributed by atoms with Gasteiger partial charge in [0.15, 0.2) is 0 Å². The molecule has 14 heavy (non-hydrogen) atoms. The van der Waals surface area contributed by atoms with E-state index in [2.05, 4.69) is 20.2 Å². The molecule has 6 nitrogen and oxygen atoms in total. The van der Waals surface area contributed by atoms with E-state index in [1.165, 1.54) is 0 Å². The van der Waals surface area contributed by atoms with Crippen molar-refractivity contribution in [2.45, 2.75) is 11.7 Å². The van der Waals surface area contributed by atoms with Crippen LogP contribution in [0.5, 0.6) is 0 Å². The Hall–Kier alpha value is -1.50. The van der Waals surface area contributed by atoms with E-state index >= 15 is 0 Å². The van der Waals surface area contributed by atoms with Crippen molar-refractivity contribution in [2.75, 3.05) is 11.5 Å². The second kappa shape index (κ2) is 4.14. The molecule has 0 amide bonds. The first-order valence-electron chi connectivity index (χ1n) is 4.11. The summed E-state index contributed by atoms with van der Waals surface area (Å²) in [5, 5.41) is 7.18. The maximum absolute atomic E-state index is 5.39. The Morgan fingerprint density at radius 2 is 2.50 bits per heavy atom. The molecule has 0 aliphatic carbocycles. The fourth-order valence-electron chi connectivity index (χ4n) is 0.984. The number of imidazole rings is 1. The zero-order valence-corrected chi connectivity index (χ0v) is 8.24. The molecule has 0 bridgehead atoms. The van der Waals surface area contributed by atoms with E-state index in [1.807, 2.05) is 10.8 Å². The van der Waals surface area contributed by atoms with E-state index in [9.17, 15) is 0 Å². The Labute approximate surface area is 84.9 Å². The summed E-state index contributed by atoms with van der Waals surface area (Å²) in [6, 6.07) is 0. The van der Waals surface area contributed by atoms with Gasteiger partial charge < -0.3 is 10.3 Å². The summed E-state index contributed by atoms with van der Waals surface area (Å²) >= 11 is 1.56. The number of aryl methyl sites for hydroxylation is 1. The summed E-state index contributed by atoms with van der Waals surface area (Å²) in [5.74, 6) is 1.25. The molecule has 0 atom stereocenters. The predicted molar refractivity (Wildman–Crippen MR) is 53.7 cm³/mol.